The fraction of sp³-hybridized carbons (Fsp3) is 0.286. The number of amides is 1. The Bertz CT molecular complexity index is 1020. The lowest BCUT2D eigenvalue weighted by Gasteiger charge is -2.16. The Morgan fingerprint density at radius 2 is 1.77 bits per heavy atom. The maximum Gasteiger partial charge on any atom is 0.272 e. The van der Waals surface area contributed by atoms with Crippen LogP contribution in [0.5, 0.6) is 0 Å². The number of fused-ring (bicyclic) bond motifs is 1. The molecule has 5 nitrogen and oxygen atoms in total. The number of nitrogens with zero attached hydrogens (tertiary/aromatic N) is 2. The third-order valence-corrected chi connectivity index (χ3v) is 4.70. The largest absolute Gasteiger partial charge is 0.348 e. The van der Waals surface area contributed by atoms with Crippen LogP contribution in [0.15, 0.2) is 47.3 Å². The van der Waals surface area contributed by atoms with E-state index >= 15 is 0 Å². The van der Waals surface area contributed by atoms with Crippen LogP contribution in [0, 0.1) is 20.8 Å². The molecule has 1 aromatic heterocycles. The highest BCUT2D eigenvalue weighted by atomic mass is 16.2. The summed E-state index contributed by atoms with van der Waals surface area (Å²) in [7, 11) is 0. The van der Waals surface area contributed by atoms with Crippen molar-refractivity contribution in [3.63, 3.8) is 0 Å². The third-order valence-electron chi connectivity index (χ3n) is 4.70. The molecule has 0 aliphatic heterocycles. The molecular weight excluding hydrogens is 326 g/mol. The van der Waals surface area contributed by atoms with Crippen LogP contribution in [0.1, 0.15) is 35.3 Å². The molecule has 0 fully saturated rings. The lowest BCUT2D eigenvalue weighted by molar-refractivity contribution is -0.122. The highest BCUT2D eigenvalue weighted by Gasteiger charge is 2.15. The molecule has 0 aliphatic rings. The minimum atomic E-state index is -0.233. The second-order valence-electron chi connectivity index (χ2n) is 6.71. The van der Waals surface area contributed by atoms with E-state index in [0.717, 1.165) is 22.2 Å². The fourth-order valence-electron chi connectivity index (χ4n) is 3.04. The summed E-state index contributed by atoms with van der Waals surface area (Å²) < 4.78 is 1.51. The minimum Gasteiger partial charge on any atom is -0.348 e. The van der Waals surface area contributed by atoms with E-state index in [4.69, 9.17) is 0 Å². The summed E-state index contributed by atoms with van der Waals surface area (Å²) in [6.07, 6.45) is 0. The number of aryl methyl sites for hydroxylation is 3. The van der Waals surface area contributed by atoms with Gasteiger partial charge >= 0.3 is 0 Å². The van der Waals surface area contributed by atoms with Crippen molar-refractivity contribution in [3.05, 3.63) is 75.2 Å². The summed E-state index contributed by atoms with van der Waals surface area (Å²) in [5, 5.41) is 2.96. The van der Waals surface area contributed by atoms with Crippen molar-refractivity contribution in [2.24, 2.45) is 0 Å². The monoisotopic (exact) mass is 349 g/mol. The maximum absolute atomic E-state index is 12.6. The molecule has 2 aromatic carbocycles. The molecule has 0 saturated heterocycles. The van der Waals surface area contributed by atoms with E-state index in [0.29, 0.717) is 11.2 Å². The van der Waals surface area contributed by atoms with Gasteiger partial charge in [0.15, 0.2) is 0 Å². The van der Waals surface area contributed by atoms with E-state index in [9.17, 15) is 9.59 Å². The van der Waals surface area contributed by atoms with Gasteiger partial charge in [0.25, 0.3) is 5.56 Å². The predicted octanol–water partition coefficient (Wildman–Crippen LogP) is 3.20. The van der Waals surface area contributed by atoms with Crippen LogP contribution in [0.25, 0.3) is 11.0 Å². The van der Waals surface area contributed by atoms with Crippen molar-refractivity contribution in [2.45, 2.75) is 40.3 Å². The highest BCUT2D eigenvalue weighted by molar-refractivity contribution is 5.81. The number of rotatable bonds is 4. The van der Waals surface area contributed by atoms with Gasteiger partial charge in [-0.1, -0.05) is 30.3 Å². The summed E-state index contributed by atoms with van der Waals surface area (Å²) in [5.41, 5.74) is 4.77. The summed E-state index contributed by atoms with van der Waals surface area (Å²) in [6.45, 7) is 7.58. The molecule has 0 bridgehead atoms. The third kappa shape index (κ3) is 3.52. The summed E-state index contributed by atoms with van der Waals surface area (Å²) >= 11 is 0. The molecule has 1 heterocycles. The molecule has 3 aromatic rings. The first kappa shape index (κ1) is 17.9. The second kappa shape index (κ2) is 7.12. The zero-order valence-corrected chi connectivity index (χ0v) is 15.5. The van der Waals surface area contributed by atoms with E-state index in [1.807, 2.05) is 63.2 Å². The summed E-state index contributed by atoms with van der Waals surface area (Å²) in [4.78, 5) is 29.5. The van der Waals surface area contributed by atoms with Gasteiger partial charge in [0.1, 0.15) is 12.2 Å². The zero-order chi connectivity index (χ0) is 18.8. The maximum atomic E-state index is 12.6. The second-order valence-corrected chi connectivity index (χ2v) is 6.71. The quantitative estimate of drug-likeness (QED) is 0.787. The number of carbonyl (C=O) groups excluding carboxylic acids is 1. The van der Waals surface area contributed by atoms with E-state index in [1.165, 1.54) is 4.57 Å². The van der Waals surface area contributed by atoms with E-state index in [2.05, 4.69) is 10.3 Å². The minimum absolute atomic E-state index is 0.0294. The number of aromatic nitrogens is 2. The molecule has 5 heteroatoms. The first-order valence-corrected chi connectivity index (χ1v) is 8.69. The van der Waals surface area contributed by atoms with E-state index in [1.54, 1.807) is 6.92 Å². The number of benzene rings is 2. The van der Waals surface area contributed by atoms with Crippen molar-refractivity contribution in [2.75, 3.05) is 0 Å². The molecule has 1 N–H and O–H groups in total. The zero-order valence-electron chi connectivity index (χ0n) is 15.5. The van der Waals surface area contributed by atoms with Crippen LogP contribution in [-0.4, -0.2) is 15.5 Å². The molecule has 0 radical (unpaired) electrons. The van der Waals surface area contributed by atoms with Gasteiger partial charge in [-0.2, -0.15) is 0 Å². The van der Waals surface area contributed by atoms with Crippen LogP contribution in [-0.2, 0) is 11.3 Å². The van der Waals surface area contributed by atoms with Crippen LogP contribution in [0.4, 0.5) is 0 Å². The molecule has 0 aliphatic carbocycles. The van der Waals surface area contributed by atoms with Crippen molar-refractivity contribution in [3.8, 4) is 0 Å². The number of hydrogen-bond acceptors (Lipinski definition) is 3. The van der Waals surface area contributed by atoms with Crippen LogP contribution in [0.2, 0.25) is 0 Å². The van der Waals surface area contributed by atoms with E-state index < -0.39 is 0 Å². The Labute approximate surface area is 152 Å². The number of nitrogens with one attached hydrogen (secondary N) is 1. The smallest absolute Gasteiger partial charge is 0.272 e. The van der Waals surface area contributed by atoms with Gasteiger partial charge in [0, 0.05) is 0 Å². The van der Waals surface area contributed by atoms with Gasteiger partial charge in [-0.3, -0.25) is 14.2 Å². The molecule has 1 atom stereocenters. The molecule has 3 rings (SSSR count). The van der Waals surface area contributed by atoms with E-state index in [-0.39, 0.29) is 24.1 Å². The SMILES string of the molecule is Cc1cc2nc(C)c(=O)n(CC(=O)N[C@H](C)c3ccccc3)c2cc1C. The molecule has 26 heavy (non-hydrogen) atoms. The average molecular weight is 349 g/mol. The Morgan fingerprint density at radius 1 is 1.12 bits per heavy atom. The van der Waals surface area contributed by atoms with Crippen molar-refractivity contribution < 1.29 is 4.79 Å². The lowest BCUT2D eigenvalue weighted by Crippen LogP contribution is -2.35. The van der Waals surface area contributed by atoms with Gasteiger partial charge in [-0.15, -0.1) is 0 Å². The number of carbonyl (C=O) groups is 1. The van der Waals surface area contributed by atoms with Gasteiger partial charge in [-0.05, 0) is 56.5 Å². The Kier molecular flexibility index (Phi) is 4.89. The van der Waals surface area contributed by atoms with Crippen LogP contribution >= 0.6 is 0 Å². The summed E-state index contributed by atoms with van der Waals surface area (Å²) in [6, 6.07) is 13.5. The Balaban J connectivity index is 1.93. The van der Waals surface area contributed by atoms with Gasteiger partial charge in [0.2, 0.25) is 5.91 Å². The topological polar surface area (TPSA) is 64.0 Å². The average Bonchev–Trinajstić information content (AvgIpc) is 2.61. The first-order valence-electron chi connectivity index (χ1n) is 8.69. The molecular formula is C21H23N3O2. The summed E-state index contributed by atoms with van der Waals surface area (Å²) in [5.74, 6) is -0.200. The molecule has 0 spiro atoms. The van der Waals surface area contributed by atoms with Crippen molar-refractivity contribution in [1.82, 2.24) is 14.9 Å². The molecule has 134 valence electrons. The van der Waals surface area contributed by atoms with Crippen molar-refractivity contribution in [1.29, 1.82) is 0 Å². The predicted molar refractivity (Wildman–Crippen MR) is 103 cm³/mol. The molecule has 0 unspecified atom stereocenters. The normalized spacial score (nSPS) is 12.2. The molecule has 1 amide bonds. The standard InChI is InChI=1S/C21H23N3O2/c1-13-10-18-19(11-14(13)2)24(21(26)16(4)22-18)12-20(25)23-15(3)17-8-6-5-7-9-17/h5-11,15H,12H2,1-4H3,(H,23,25)/t15-/m1/s1. The first-order chi connectivity index (χ1) is 12.4. The van der Waals surface area contributed by atoms with Crippen LogP contribution in [0.3, 0.4) is 0 Å². The van der Waals surface area contributed by atoms with Crippen molar-refractivity contribution >= 4 is 16.9 Å². The fourth-order valence-corrected chi connectivity index (χ4v) is 3.04. The van der Waals surface area contributed by atoms with Crippen LogP contribution < -0.4 is 10.9 Å². The van der Waals surface area contributed by atoms with Gasteiger partial charge in [-0.25, -0.2) is 4.98 Å². The molecule has 0 saturated carbocycles. The Morgan fingerprint density at radius 3 is 2.46 bits per heavy atom. The number of hydrogen-bond donors (Lipinski definition) is 1. The lowest BCUT2D eigenvalue weighted by atomic mass is 10.1. The highest BCUT2D eigenvalue weighted by Crippen LogP contribution is 2.17. The van der Waals surface area contributed by atoms with Gasteiger partial charge < -0.3 is 5.32 Å². The Hall–Kier alpha value is -2.95. The van der Waals surface area contributed by atoms with Gasteiger partial charge in [0.05, 0.1) is 17.1 Å².